The van der Waals surface area contributed by atoms with Crippen LogP contribution in [-0.2, 0) is 17.6 Å². The van der Waals surface area contributed by atoms with Gasteiger partial charge in [-0.1, -0.05) is 109 Å². The molecule has 1 N–H and O–H groups in total. The third-order valence-corrected chi connectivity index (χ3v) is 8.56. The first kappa shape index (κ1) is 27.4. The number of carbonyl (C=O) groups is 2. The molecule has 1 atom stereocenters. The van der Waals surface area contributed by atoms with Crippen molar-refractivity contribution in [1.82, 2.24) is 4.90 Å². The minimum absolute atomic E-state index is 0.119. The predicted molar refractivity (Wildman–Crippen MR) is 173 cm³/mol. The van der Waals surface area contributed by atoms with Gasteiger partial charge in [-0.05, 0) is 58.0 Å². The fourth-order valence-electron chi connectivity index (χ4n) is 6.40. The van der Waals surface area contributed by atoms with Crippen molar-refractivity contribution < 1.29 is 19.1 Å². The highest BCUT2D eigenvalue weighted by atomic mass is 16.4. The smallest absolute Gasteiger partial charge is 0.305 e. The molecule has 1 unspecified atom stereocenters. The molecule has 216 valence electrons. The number of aliphatic carboxylic acids is 1. The number of hydrogen-bond donors (Lipinski definition) is 1. The third-order valence-electron chi connectivity index (χ3n) is 8.56. The molecule has 1 aliphatic heterocycles. The molecule has 5 aromatic carbocycles. The normalized spacial score (nSPS) is 14.4. The SMILES string of the molecule is O=C(O)CC1c2ccccc2CCN1C(=O)c1ccc(-c2ccc(-c3c(Cc4ccccc4)oc4ccccc34)cc2)cc1. The van der Waals surface area contributed by atoms with Gasteiger partial charge in [0, 0.05) is 29.5 Å². The fraction of sp³-hybridized carbons (Fsp3) is 0.128. The van der Waals surface area contributed by atoms with E-state index in [1.807, 2.05) is 84.9 Å². The number of carbonyl (C=O) groups excluding carboxylic acids is 1. The molecule has 0 aliphatic carbocycles. The number of benzene rings is 5. The lowest BCUT2D eigenvalue weighted by atomic mass is 9.90. The highest BCUT2D eigenvalue weighted by Gasteiger charge is 2.32. The molecule has 0 saturated carbocycles. The van der Waals surface area contributed by atoms with Gasteiger partial charge < -0.3 is 14.4 Å². The van der Waals surface area contributed by atoms with Crippen molar-refractivity contribution in [2.45, 2.75) is 25.3 Å². The molecular formula is C39H31NO4. The maximum atomic E-state index is 13.6. The standard InChI is InChI=1S/C39H31NO4/c41-37(42)25-34-32-11-5-4-10-29(32)22-23-40(34)39(43)31-20-16-28(17-21-31)27-14-18-30(19-15-27)38-33-12-6-7-13-35(33)44-36(38)24-26-8-2-1-3-9-26/h1-21,34H,22-25H2,(H,41,42). The molecule has 7 rings (SSSR count). The van der Waals surface area contributed by atoms with Gasteiger partial charge in [0.25, 0.3) is 5.91 Å². The number of carboxylic acids is 1. The molecule has 2 heterocycles. The van der Waals surface area contributed by atoms with E-state index in [0.717, 1.165) is 50.1 Å². The summed E-state index contributed by atoms with van der Waals surface area (Å²) >= 11 is 0. The Kier molecular flexibility index (Phi) is 7.29. The first-order valence-corrected chi connectivity index (χ1v) is 14.9. The van der Waals surface area contributed by atoms with Crippen LogP contribution in [0.1, 0.15) is 45.3 Å². The summed E-state index contributed by atoms with van der Waals surface area (Å²) in [6, 6.07) is 41.9. The average Bonchev–Trinajstić information content (AvgIpc) is 3.43. The van der Waals surface area contributed by atoms with E-state index in [9.17, 15) is 14.7 Å². The topological polar surface area (TPSA) is 70.8 Å². The Hall–Kier alpha value is -5.42. The first-order valence-electron chi connectivity index (χ1n) is 14.9. The zero-order valence-electron chi connectivity index (χ0n) is 24.1. The van der Waals surface area contributed by atoms with Crippen molar-refractivity contribution >= 4 is 22.8 Å². The van der Waals surface area contributed by atoms with Gasteiger partial charge in [0.1, 0.15) is 11.3 Å². The summed E-state index contributed by atoms with van der Waals surface area (Å²) < 4.78 is 6.34. The molecule has 0 bridgehead atoms. The van der Waals surface area contributed by atoms with Gasteiger partial charge in [0.2, 0.25) is 0 Å². The maximum Gasteiger partial charge on any atom is 0.305 e. The largest absolute Gasteiger partial charge is 0.481 e. The lowest BCUT2D eigenvalue weighted by Crippen LogP contribution is -2.41. The van der Waals surface area contributed by atoms with Crippen LogP contribution in [0.15, 0.2) is 132 Å². The summed E-state index contributed by atoms with van der Waals surface area (Å²) in [6.45, 7) is 0.492. The number of nitrogens with zero attached hydrogens (tertiary/aromatic N) is 1. The van der Waals surface area contributed by atoms with Crippen LogP contribution in [0.3, 0.4) is 0 Å². The molecule has 0 radical (unpaired) electrons. The Balaban J connectivity index is 1.14. The number of para-hydroxylation sites is 1. The van der Waals surface area contributed by atoms with Crippen LogP contribution in [0.25, 0.3) is 33.2 Å². The molecule has 44 heavy (non-hydrogen) atoms. The molecule has 1 amide bonds. The van der Waals surface area contributed by atoms with Gasteiger partial charge in [-0.15, -0.1) is 0 Å². The monoisotopic (exact) mass is 577 g/mol. The molecule has 0 spiro atoms. The van der Waals surface area contributed by atoms with Crippen molar-refractivity contribution in [3.05, 3.63) is 155 Å². The molecule has 0 saturated heterocycles. The Morgan fingerprint density at radius 1 is 0.727 bits per heavy atom. The van der Waals surface area contributed by atoms with Crippen LogP contribution in [-0.4, -0.2) is 28.4 Å². The van der Waals surface area contributed by atoms with Gasteiger partial charge in [-0.2, -0.15) is 0 Å². The Labute approximate surface area is 256 Å². The van der Waals surface area contributed by atoms with Crippen molar-refractivity contribution in [1.29, 1.82) is 0 Å². The second kappa shape index (κ2) is 11.7. The van der Waals surface area contributed by atoms with Crippen LogP contribution in [0.4, 0.5) is 0 Å². The summed E-state index contributed by atoms with van der Waals surface area (Å²) in [5, 5.41) is 10.7. The minimum Gasteiger partial charge on any atom is -0.481 e. The maximum absolute atomic E-state index is 13.6. The Morgan fingerprint density at radius 2 is 1.36 bits per heavy atom. The van der Waals surface area contributed by atoms with Crippen molar-refractivity contribution in [3.63, 3.8) is 0 Å². The molecular weight excluding hydrogens is 546 g/mol. The van der Waals surface area contributed by atoms with E-state index in [2.05, 4.69) is 42.5 Å². The van der Waals surface area contributed by atoms with E-state index in [1.54, 1.807) is 4.90 Å². The average molecular weight is 578 g/mol. The highest BCUT2D eigenvalue weighted by molar-refractivity contribution is 5.97. The summed E-state index contributed by atoms with van der Waals surface area (Å²) in [5.41, 5.74) is 8.89. The van der Waals surface area contributed by atoms with E-state index in [4.69, 9.17) is 4.42 Å². The summed E-state index contributed by atoms with van der Waals surface area (Å²) in [7, 11) is 0. The summed E-state index contributed by atoms with van der Waals surface area (Å²) in [5.74, 6) is -0.126. The van der Waals surface area contributed by atoms with Gasteiger partial charge in [-0.3, -0.25) is 9.59 Å². The highest BCUT2D eigenvalue weighted by Crippen LogP contribution is 2.37. The van der Waals surface area contributed by atoms with E-state index in [0.29, 0.717) is 24.9 Å². The summed E-state index contributed by atoms with van der Waals surface area (Å²) in [4.78, 5) is 27.0. The number of carboxylic acid groups (broad SMARTS) is 1. The zero-order valence-corrected chi connectivity index (χ0v) is 24.1. The number of amides is 1. The van der Waals surface area contributed by atoms with Gasteiger partial charge in [-0.25, -0.2) is 0 Å². The summed E-state index contributed by atoms with van der Waals surface area (Å²) in [6.07, 6.45) is 1.30. The number of hydrogen-bond acceptors (Lipinski definition) is 3. The minimum atomic E-state index is -0.918. The Morgan fingerprint density at radius 3 is 2.11 bits per heavy atom. The van der Waals surface area contributed by atoms with Crippen molar-refractivity contribution in [2.75, 3.05) is 6.54 Å². The van der Waals surface area contributed by atoms with Crippen LogP contribution in [0.2, 0.25) is 0 Å². The first-order chi connectivity index (χ1) is 21.5. The van der Waals surface area contributed by atoms with Gasteiger partial charge >= 0.3 is 5.97 Å². The fourth-order valence-corrected chi connectivity index (χ4v) is 6.40. The van der Waals surface area contributed by atoms with E-state index in [-0.39, 0.29) is 12.3 Å². The second-order valence-electron chi connectivity index (χ2n) is 11.3. The lowest BCUT2D eigenvalue weighted by Gasteiger charge is -2.36. The molecule has 1 aliphatic rings. The van der Waals surface area contributed by atoms with Crippen LogP contribution in [0, 0.1) is 0 Å². The lowest BCUT2D eigenvalue weighted by molar-refractivity contribution is -0.138. The molecule has 1 aromatic heterocycles. The van der Waals surface area contributed by atoms with Gasteiger partial charge in [0.05, 0.1) is 12.5 Å². The van der Waals surface area contributed by atoms with E-state index >= 15 is 0 Å². The van der Waals surface area contributed by atoms with E-state index < -0.39 is 12.0 Å². The Bertz CT molecular complexity index is 1960. The number of fused-ring (bicyclic) bond motifs is 2. The van der Waals surface area contributed by atoms with Crippen molar-refractivity contribution in [2.24, 2.45) is 0 Å². The number of rotatable bonds is 7. The zero-order chi connectivity index (χ0) is 30.0. The van der Waals surface area contributed by atoms with Crippen LogP contribution < -0.4 is 0 Å². The molecule has 0 fully saturated rings. The van der Waals surface area contributed by atoms with Gasteiger partial charge in [0.15, 0.2) is 0 Å². The molecule has 5 nitrogen and oxygen atoms in total. The molecule has 6 aromatic rings. The third kappa shape index (κ3) is 5.29. The molecule has 5 heteroatoms. The second-order valence-corrected chi connectivity index (χ2v) is 11.3. The van der Waals surface area contributed by atoms with E-state index in [1.165, 1.54) is 5.56 Å². The number of furan rings is 1. The van der Waals surface area contributed by atoms with Crippen molar-refractivity contribution in [3.8, 4) is 22.3 Å². The quantitative estimate of drug-likeness (QED) is 0.206. The predicted octanol–water partition coefficient (Wildman–Crippen LogP) is 8.57. The van der Waals surface area contributed by atoms with Crippen LogP contribution >= 0.6 is 0 Å². The van der Waals surface area contributed by atoms with Crippen LogP contribution in [0.5, 0.6) is 0 Å².